The maximum Gasteiger partial charge on any atom is 0.272 e. The molecule has 1 aromatic heterocycles. The summed E-state index contributed by atoms with van der Waals surface area (Å²) in [5.41, 5.74) is 0.565. The fourth-order valence-corrected chi connectivity index (χ4v) is 1.73. The van der Waals surface area contributed by atoms with E-state index in [1.165, 1.54) is 0 Å². The van der Waals surface area contributed by atoms with Crippen molar-refractivity contribution in [2.75, 3.05) is 19.7 Å². The van der Waals surface area contributed by atoms with Crippen molar-refractivity contribution in [1.82, 2.24) is 14.7 Å². The van der Waals surface area contributed by atoms with E-state index < -0.39 is 0 Å². The minimum Gasteiger partial charge on any atom is -0.395 e. The van der Waals surface area contributed by atoms with E-state index >= 15 is 0 Å². The van der Waals surface area contributed by atoms with Crippen LogP contribution in [0.2, 0.25) is 0 Å². The van der Waals surface area contributed by atoms with Gasteiger partial charge in [0.25, 0.3) is 5.91 Å². The van der Waals surface area contributed by atoms with Crippen LogP contribution in [0.4, 0.5) is 0 Å². The first-order valence-electron chi connectivity index (χ1n) is 6.08. The Hall–Kier alpha value is -1.36. The number of carbonyl (C=O) groups is 1. The van der Waals surface area contributed by atoms with E-state index in [0.29, 0.717) is 18.8 Å². The lowest BCUT2D eigenvalue weighted by Gasteiger charge is -2.21. The first-order valence-corrected chi connectivity index (χ1v) is 6.08. The highest BCUT2D eigenvalue weighted by molar-refractivity contribution is 5.92. The van der Waals surface area contributed by atoms with Gasteiger partial charge in [-0.05, 0) is 12.5 Å². The molecular formula is C12H21N3O2. The number of aliphatic hydroxyl groups excluding tert-OH is 1. The predicted octanol–water partition coefficient (Wildman–Crippen LogP) is 1.04. The van der Waals surface area contributed by atoms with Crippen molar-refractivity contribution < 1.29 is 9.90 Å². The second-order valence-corrected chi connectivity index (χ2v) is 4.06. The van der Waals surface area contributed by atoms with Crippen LogP contribution in [0.3, 0.4) is 0 Å². The molecule has 5 heteroatoms. The van der Waals surface area contributed by atoms with E-state index in [9.17, 15) is 4.79 Å². The Labute approximate surface area is 102 Å². The SMILES string of the molecule is CCCCCN(CCO)C(=O)c1ccnn1C. The molecule has 0 aliphatic heterocycles. The monoisotopic (exact) mass is 239 g/mol. The maximum atomic E-state index is 12.2. The van der Waals surface area contributed by atoms with Crippen LogP contribution in [0.15, 0.2) is 12.3 Å². The largest absolute Gasteiger partial charge is 0.395 e. The topological polar surface area (TPSA) is 58.4 Å². The standard InChI is InChI=1S/C12H21N3O2/c1-3-4-5-8-15(9-10-16)12(17)11-6-7-13-14(11)2/h6-7,16H,3-5,8-10H2,1-2H3. The van der Waals surface area contributed by atoms with Crippen molar-refractivity contribution in [3.8, 4) is 0 Å². The first-order chi connectivity index (χ1) is 8.20. The van der Waals surface area contributed by atoms with Crippen LogP contribution >= 0.6 is 0 Å². The van der Waals surface area contributed by atoms with Crippen molar-refractivity contribution in [2.24, 2.45) is 7.05 Å². The van der Waals surface area contributed by atoms with E-state index in [1.54, 1.807) is 28.9 Å². The number of hydrogen-bond acceptors (Lipinski definition) is 3. The zero-order valence-corrected chi connectivity index (χ0v) is 10.6. The molecule has 0 atom stereocenters. The number of hydrogen-bond donors (Lipinski definition) is 1. The third-order valence-corrected chi connectivity index (χ3v) is 2.73. The molecular weight excluding hydrogens is 218 g/mol. The van der Waals surface area contributed by atoms with Crippen LogP contribution in [-0.4, -0.2) is 45.4 Å². The average Bonchev–Trinajstić information content (AvgIpc) is 2.74. The molecule has 0 aliphatic rings. The van der Waals surface area contributed by atoms with Gasteiger partial charge in [0.05, 0.1) is 6.61 Å². The first kappa shape index (κ1) is 13.7. The molecule has 0 aliphatic carbocycles. The summed E-state index contributed by atoms with van der Waals surface area (Å²) in [7, 11) is 1.75. The molecule has 0 radical (unpaired) electrons. The highest BCUT2D eigenvalue weighted by Gasteiger charge is 2.17. The van der Waals surface area contributed by atoms with Gasteiger partial charge in [-0.15, -0.1) is 0 Å². The molecule has 0 saturated carbocycles. The molecule has 1 rings (SSSR count). The zero-order chi connectivity index (χ0) is 12.7. The van der Waals surface area contributed by atoms with Crippen molar-refractivity contribution in [3.63, 3.8) is 0 Å². The van der Waals surface area contributed by atoms with Crippen molar-refractivity contribution in [2.45, 2.75) is 26.2 Å². The van der Waals surface area contributed by atoms with Gasteiger partial charge in [-0.2, -0.15) is 5.10 Å². The van der Waals surface area contributed by atoms with Gasteiger partial charge in [0.2, 0.25) is 0 Å². The van der Waals surface area contributed by atoms with Crippen LogP contribution in [0.1, 0.15) is 36.7 Å². The fourth-order valence-electron chi connectivity index (χ4n) is 1.73. The van der Waals surface area contributed by atoms with E-state index in [1.807, 2.05) is 0 Å². The van der Waals surface area contributed by atoms with Gasteiger partial charge < -0.3 is 10.0 Å². The highest BCUT2D eigenvalue weighted by atomic mass is 16.3. The Morgan fingerprint density at radius 1 is 1.47 bits per heavy atom. The second kappa shape index (κ2) is 7.06. The summed E-state index contributed by atoms with van der Waals surface area (Å²) >= 11 is 0. The van der Waals surface area contributed by atoms with Gasteiger partial charge in [0.15, 0.2) is 0 Å². The Morgan fingerprint density at radius 2 is 2.24 bits per heavy atom. The molecule has 1 amide bonds. The van der Waals surface area contributed by atoms with Crippen LogP contribution in [-0.2, 0) is 7.05 Å². The average molecular weight is 239 g/mol. The number of aryl methyl sites for hydroxylation is 1. The third-order valence-electron chi connectivity index (χ3n) is 2.73. The zero-order valence-electron chi connectivity index (χ0n) is 10.6. The molecule has 17 heavy (non-hydrogen) atoms. The van der Waals surface area contributed by atoms with Gasteiger partial charge in [-0.1, -0.05) is 19.8 Å². The molecule has 0 aromatic carbocycles. The lowest BCUT2D eigenvalue weighted by molar-refractivity contribution is 0.0707. The molecule has 5 nitrogen and oxygen atoms in total. The quantitative estimate of drug-likeness (QED) is 0.723. The minimum absolute atomic E-state index is 0.00425. The summed E-state index contributed by atoms with van der Waals surface area (Å²) in [5.74, 6) is -0.0600. The maximum absolute atomic E-state index is 12.2. The van der Waals surface area contributed by atoms with E-state index in [2.05, 4.69) is 12.0 Å². The number of amides is 1. The van der Waals surface area contributed by atoms with Crippen molar-refractivity contribution in [3.05, 3.63) is 18.0 Å². The summed E-state index contributed by atoms with van der Waals surface area (Å²) in [6.45, 7) is 3.20. The molecule has 1 heterocycles. The van der Waals surface area contributed by atoms with Crippen molar-refractivity contribution in [1.29, 1.82) is 0 Å². The molecule has 1 aromatic rings. The summed E-state index contributed by atoms with van der Waals surface area (Å²) in [4.78, 5) is 13.9. The fraction of sp³-hybridized carbons (Fsp3) is 0.667. The molecule has 0 fully saturated rings. The number of rotatable bonds is 7. The number of aliphatic hydroxyl groups is 1. The van der Waals surface area contributed by atoms with Crippen LogP contribution in [0.25, 0.3) is 0 Å². The van der Waals surface area contributed by atoms with Gasteiger partial charge in [0.1, 0.15) is 5.69 Å². The van der Waals surface area contributed by atoms with Gasteiger partial charge in [0, 0.05) is 26.3 Å². The Balaban J connectivity index is 2.63. The second-order valence-electron chi connectivity index (χ2n) is 4.06. The highest BCUT2D eigenvalue weighted by Crippen LogP contribution is 2.05. The molecule has 0 unspecified atom stereocenters. The number of nitrogens with zero attached hydrogens (tertiary/aromatic N) is 3. The normalized spacial score (nSPS) is 10.5. The lowest BCUT2D eigenvalue weighted by atomic mass is 10.2. The Kier molecular flexibility index (Phi) is 5.69. The summed E-state index contributed by atoms with van der Waals surface area (Å²) in [6.07, 6.45) is 4.80. The molecule has 96 valence electrons. The molecule has 0 saturated heterocycles. The summed E-state index contributed by atoms with van der Waals surface area (Å²) in [5, 5.41) is 13.0. The van der Waals surface area contributed by atoms with Crippen LogP contribution in [0.5, 0.6) is 0 Å². The molecule has 0 bridgehead atoms. The van der Waals surface area contributed by atoms with Crippen LogP contribution in [0, 0.1) is 0 Å². The van der Waals surface area contributed by atoms with Crippen molar-refractivity contribution >= 4 is 5.91 Å². The Morgan fingerprint density at radius 3 is 2.76 bits per heavy atom. The van der Waals surface area contributed by atoms with Crippen LogP contribution < -0.4 is 0 Å². The summed E-state index contributed by atoms with van der Waals surface area (Å²) < 4.78 is 1.56. The minimum atomic E-state index is -0.0600. The van der Waals surface area contributed by atoms with E-state index in [0.717, 1.165) is 19.3 Å². The van der Waals surface area contributed by atoms with Gasteiger partial charge in [-0.25, -0.2) is 0 Å². The van der Waals surface area contributed by atoms with Gasteiger partial charge in [-0.3, -0.25) is 9.48 Å². The van der Waals surface area contributed by atoms with Gasteiger partial charge >= 0.3 is 0 Å². The number of aromatic nitrogens is 2. The van der Waals surface area contributed by atoms with E-state index in [-0.39, 0.29) is 12.5 Å². The predicted molar refractivity (Wildman–Crippen MR) is 65.7 cm³/mol. The third kappa shape index (κ3) is 3.85. The smallest absolute Gasteiger partial charge is 0.272 e. The lowest BCUT2D eigenvalue weighted by Crippen LogP contribution is -2.35. The summed E-state index contributed by atoms with van der Waals surface area (Å²) in [6, 6.07) is 1.70. The van der Waals surface area contributed by atoms with E-state index in [4.69, 9.17) is 5.11 Å². The number of carbonyl (C=O) groups excluding carboxylic acids is 1. The molecule has 0 spiro atoms. The number of unbranched alkanes of at least 4 members (excludes halogenated alkanes) is 2. The Bertz CT molecular complexity index is 349. The molecule has 1 N–H and O–H groups in total.